The van der Waals surface area contributed by atoms with Gasteiger partial charge in [-0.3, -0.25) is 9.59 Å². The monoisotopic (exact) mass is 499 g/mol. The number of carbonyl (C=O) groups excluding carboxylic acids is 3. The van der Waals surface area contributed by atoms with Crippen LogP contribution >= 0.6 is 11.8 Å². The first-order chi connectivity index (χ1) is 16.8. The van der Waals surface area contributed by atoms with Crippen molar-refractivity contribution in [2.75, 3.05) is 17.7 Å². The van der Waals surface area contributed by atoms with E-state index < -0.39 is 23.7 Å². The van der Waals surface area contributed by atoms with E-state index in [9.17, 15) is 18.8 Å². The van der Waals surface area contributed by atoms with Crippen LogP contribution in [-0.2, 0) is 16.1 Å². The average Bonchev–Trinajstić information content (AvgIpc) is 3.26. The van der Waals surface area contributed by atoms with Gasteiger partial charge in [0.15, 0.2) is 11.0 Å². The first-order valence-electron chi connectivity index (χ1n) is 11.0. The summed E-state index contributed by atoms with van der Waals surface area (Å²) in [4.78, 5) is 36.8. The number of benzene rings is 2. The number of hydrogen-bond donors (Lipinski definition) is 2. The number of hydrogen-bond acceptors (Lipinski definition) is 7. The van der Waals surface area contributed by atoms with E-state index >= 15 is 0 Å². The molecular formula is C24H26FN5O4S. The van der Waals surface area contributed by atoms with Gasteiger partial charge in [0.2, 0.25) is 5.91 Å². The van der Waals surface area contributed by atoms with Gasteiger partial charge in [-0.15, -0.1) is 10.2 Å². The van der Waals surface area contributed by atoms with Crippen molar-refractivity contribution in [3.05, 3.63) is 71.3 Å². The van der Waals surface area contributed by atoms with Gasteiger partial charge in [0.05, 0.1) is 29.5 Å². The SMILES string of the molecule is CCOC(=O)c1cccc(NC(=O)CSc2nnc([C@@H](C)NC(=O)c3ccccc3F)n2CC)c1. The molecule has 0 unspecified atom stereocenters. The van der Waals surface area contributed by atoms with Crippen LogP contribution in [-0.4, -0.2) is 44.9 Å². The molecular weight excluding hydrogens is 473 g/mol. The van der Waals surface area contributed by atoms with Gasteiger partial charge >= 0.3 is 5.97 Å². The summed E-state index contributed by atoms with van der Waals surface area (Å²) in [7, 11) is 0. The zero-order valence-corrected chi connectivity index (χ0v) is 20.4. The highest BCUT2D eigenvalue weighted by molar-refractivity contribution is 7.99. The number of rotatable bonds is 10. The van der Waals surface area contributed by atoms with Gasteiger partial charge in [0.1, 0.15) is 5.82 Å². The Hall–Kier alpha value is -3.73. The highest BCUT2D eigenvalue weighted by Gasteiger charge is 2.21. The maximum absolute atomic E-state index is 13.9. The molecule has 2 N–H and O–H groups in total. The first kappa shape index (κ1) is 25.9. The van der Waals surface area contributed by atoms with Crippen molar-refractivity contribution in [2.45, 2.75) is 38.5 Å². The summed E-state index contributed by atoms with van der Waals surface area (Å²) in [6, 6.07) is 11.7. The first-order valence-corrected chi connectivity index (χ1v) is 12.0. The molecule has 0 aliphatic heterocycles. The van der Waals surface area contributed by atoms with E-state index in [4.69, 9.17) is 4.74 Å². The van der Waals surface area contributed by atoms with E-state index in [1.165, 1.54) is 30.0 Å². The van der Waals surface area contributed by atoms with Crippen LogP contribution in [0.2, 0.25) is 0 Å². The van der Waals surface area contributed by atoms with Crippen LogP contribution in [0, 0.1) is 5.82 Å². The Bertz CT molecular complexity index is 1220. The number of esters is 1. The minimum Gasteiger partial charge on any atom is -0.462 e. The molecule has 1 heterocycles. The van der Waals surface area contributed by atoms with Crippen LogP contribution in [0.1, 0.15) is 53.4 Å². The second kappa shape index (κ2) is 12.1. The molecule has 0 saturated carbocycles. The van der Waals surface area contributed by atoms with Gasteiger partial charge in [-0.2, -0.15) is 0 Å². The van der Waals surface area contributed by atoms with Crippen LogP contribution < -0.4 is 10.6 Å². The average molecular weight is 500 g/mol. The molecule has 0 fully saturated rings. The standard InChI is InChI=1S/C24H26FN5O4S/c1-4-30-21(15(3)26-22(32)18-11-6-7-12-19(18)25)28-29-24(30)35-14-20(31)27-17-10-8-9-16(13-17)23(33)34-5-2/h6-13,15H,4-5,14H2,1-3H3,(H,26,32)(H,27,31)/t15-/m1/s1. The van der Waals surface area contributed by atoms with Crippen LogP contribution in [0.4, 0.5) is 10.1 Å². The lowest BCUT2D eigenvalue weighted by Crippen LogP contribution is -2.29. The summed E-state index contributed by atoms with van der Waals surface area (Å²) in [5.41, 5.74) is 0.766. The third-order valence-corrected chi connectivity index (χ3v) is 5.87. The Balaban J connectivity index is 1.62. The number of aromatic nitrogens is 3. The van der Waals surface area contributed by atoms with Crippen LogP contribution in [0.5, 0.6) is 0 Å². The van der Waals surface area contributed by atoms with Crippen LogP contribution in [0.25, 0.3) is 0 Å². The third kappa shape index (κ3) is 6.66. The van der Waals surface area contributed by atoms with Crippen molar-refractivity contribution in [3.63, 3.8) is 0 Å². The third-order valence-electron chi connectivity index (χ3n) is 4.90. The summed E-state index contributed by atoms with van der Waals surface area (Å²) < 4.78 is 20.7. The highest BCUT2D eigenvalue weighted by Crippen LogP contribution is 2.22. The van der Waals surface area contributed by atoms with Crippen LogP contribution in [0.3, 0.4) is 0 Å². The number of halogens is 1. The second-order valence-electron chi connectivity index (χ2n) is 7.40. The summed E-state index contributed by atoms with van der Waals surface area (Å²) in [6.45, 7) is 6.11. The minimum atomic E-state index is -0.607. The zero-order valence-electron chi connectivity index (χ0n) is 19.6. The molecule has 0 radical (unpaired) electrons. The van der Waals surface area contributed by atoms with Crippen molar-refractivity contribution in [3.8, 4) is 0 Å². The van der Waals surface area contributed by atoms with Gasteiger partial charge in [0.25, 0.3) is 5.91 Å². The smallest absolute Gasteiger partial charge is 0.338 e. The van der Waals surface area contributed by atoms with Crippen molar-refractivity contribution >= 4 is 35.2 Å². The fraction of sp³-hybridized carbons (Fsp3) is 0.292. The number of nitrogens with one attached hydrogen (secondary N) is 2. The minimum absolute atomic E-state index is 0.0533. The largest absolute Gasteiger partial charge is 0.462 e. The molecule has 11 heteroatoms. The molecule has 2 aromatic carbocycles. The summed E-state index contributed by atoms with van der Waals surface area (Å²) >= 11 is 1.19. The van der Waals surface area contributed by atoms with Gasteiger partial charge < -0.3 is 19.9 Å². The van der Waals surface area contributed by atoms with Crippen LogP contribution in [0.15, 0.2) is 53.7 Å². The maximum atomic E-state index is 13.9. The predicted octanol–water partition coefficient (Wildman–Crippen LogP) is 3.84. The number of nitrogens with zero attached hydrogens (tertiary/aromatic N) is 3. The number of ether oxygens (including phenoxy) is 1. The maximum Gasteiger partial charge on any atom is 0.338 e. The van der Waals surface area contributed by atoms with Gasteiger partial charge in [-0.25, -0.2) is 9.18 Å². The van der Waals surface area contributed by atoms with Crippen molar-refractivity contribution < 1.29 is 23.5 Å². The van der Waals surface area contributed by atoms with Crippen molar-refractivity contribution in [1.82, 2.24) is 20.1 Å². The Labute approximate surface area is 206 Å². The van der Waals surface area contributed by atoms with Crippen molar-refractivity contribution in [2.24, 2.45) is 0 Å². The Kier molecular flexibility index (Phi) is 8.96. The zero-order chi connectivity index (χ0) is 25.4. The molecule has 1 aromatic heterocycles. The molecule has 35 heavy (non-hydrogen) atoms. The highest BCUT2D eigenvalue weighted by atomic mass is 32.2. The normalized spacial score (nSPS) is 11.5. The summed E-state index contributed by atoms with van der Waals surface area (Å²) in [5, 5.41) is 14.3. The molecule has 0 spiro atoms. The molecule has 3 aromatic rings. The lowest BCUT2D eigenvalue weighted by atomic mass is 10.2. The molecule has 0 bridgehead atoms. The van der Waals surface area contributed by atoms with Gasteiger partial charge in [-0.05, 0) is 51.1 Å². The van der Waals surface area contributed by atoms with E-state index in [-0.39, 0.29) is 23.8 Å². The summed E-state index contributed by atoms with van der Waals surface area (Å²) in [6.07, 6.45) is 0. The Morgan fingerprint density at radius 1 is 1.11 bits per heavy atom. The Morgan fingerprint density at radius 2 is 1.89 bits per heavy atom. The molecule has 0 aliphatic carbocycles. The molecule has 9 nitrogen and oxygen atoms in total. The molecule has 184 valence electrons. The fourth-order valence-electron chi connectivity index (χ4n) is 3.27. The summed E-state index contributed by atoms with van der Waals surface area (Å²) in [5.74, 6) is -1.37. The van der Waals surface area contributed by atoms with E-state index in [0.29, 0.717) is 28.8 Å². The quantitative estimate of drug-likeness (QED) is 0.322. The molecule has 0 saturated heterocycles. The second-order valence-corrected chi connectivity index (χ2v) is 8.34. The number of amides is 2. The Morgan fingerprint density at radius 3 is 2.60 bits per heavy atom. The van der Waals surface area contributed by atoms with E-state index in [1.807, 2.05) is 6.92 Å². The topological polar surface area (TPSA) is 115 Å². The molecule has 1 atom stereocenters. The molecule has 2 amide bonds. The van der Waals surface area contributed by atoms with E-state index in [1.54, 1.807) is 48.7 Å². The number of anilines is 1. The predicted molar refractivity (Wildman–Crippen MR) is 130 cm³/mol. The molecule has 0 aliphatic rings. The van der Waals surface area contributed by atoms with Gasteiger partial charge in [-0.1, -0.05) is 30.0 Å². The number of carbonyl (C=O) groups is 3. The van der Waals surface area contributed by atoms with E-state index in [0.717, 1.165) is 0 Å². The molecule has 3 rings (SSSR count). The van der Waals surface area contributed by atoms with Gasteiger partial charge in [0, 0.05) is 12.2 Å². The van der Waals surface area contributed by atoms with Crippen molar-refractivity contribution in [1.29, 1.82) is 0 Å². The lowest BCUT2D eigenvalue weighted by Gasteiger charge is -2.15. The fourth-order valence-corrected chi connectivity index (χ4v) is 4.08. The van der Waals surface area contributed by atoms with E-state index in [2.05, 4.69) is 20.8 Å². The lowest BCUT2D eigenvalue weighted by molar-refractivity contribution is -0.113. The number of thioether (sulfide) groups is 1.